The highest BCUT2D eigenvalue weighted by Gasteiger charge is 2.39. The molecular formula is C40H63N9O11S. The van der Waals surface area contributed by atoms with Gasteiger partial charge in [0.2, 0.25) is 23.6 Å². The van der Waals surface area contributed by atoms with E-state index in [2.05, 4.69) is 36.9 Å². The molecule has 3 rings (SSSR count). The first kappa shape index (κ1) is 50.5. The van der Waals surface area contributed by atoms with E-state index in [0.717, 1.165) is 25.5 Å². The molecular weight excluding hydrogens is 815 g/mol. The number of carbonyl (C=O) groups excluding carboxylic acids is 6. The molecule has 0 bridgehead atoms. The topological polar surface area (TPSA) is 269 Å². The van der Waals surface area contributed by atoms with Crippen LogP contribution in [0, 0.1) is 11.8 Å². The molecule has 0 aliphatic carbocycles. The van der Waals surface area contributed by atoms with E-state index in [1.807, 2.05) is 32.6 Å². The third-order valence-electron chi connectivity index (χ3n) is 9.83. The number of Topliss-reactive ketones (excluding diaryl/α,β-unsaturated/α-hetero) is 1. The molecule has 6 N–H and O–H groups in total. The van der Waals surface area contributed by atoms with Crippen LogP contribution in [-0.2, 0) is 49.6 Å². The van der Waals surface area contributed by atoms with E-state index in [-0.39, 0.29) is 66.7 Å². The lowest BCUT2D eigenvalue weighted by Gasteiger charge is -2.29. The van der Waals surface area contributed by atoms with E-state index in [1.54, 1.807) is 24.7 Å². The first-order valence-electron chi connectivity index (χ1n) is 20.5. The SMILES string of the molecule is CCC(C)n1cc(CNC(=O)c2ccc(S(=O)(=O)OCC(C)(O)C(=O)[C@H](CC(C)C)NC(=O)[C@H](C)NC(=O)[C@H](CC(C)C)NC(=O)CNC(=O)CN3CCOCC3)cc2)nn1. The van der Waals surface area contributed by atoms with Gasteiger partial charge in [0.05, 0.1) is 56.0 Å². The summed E-state index contributed by atoms with van der Waals surface area (Å²) in [6, 6.07) is 1.46. The molecule has 20 nitrogen and oxygen atoms in total. The zero-order valence-electron chi connectivity index (χ0n) is 36.4. The van der Waals surface area contributed by atoms with Gasteiger partial charge in [0.1, 0.15) is 30.0 Å². The number of amides is 5. The maximum atomic E-state index is 13.7. The molecule has 1 aliphatic heterocycles. The Morgan fingerprint density at radius 3 is 2.10 bits per heavy atom. The van der Waals surface area contributed by atoms with E-state index in [0.29, 0.717) is 32.0 Å². The number of morpholine rings is 1. The van der Waals surface area contributed by atoms with E-state index in [1.165, 1.54) is 19.1 Å². The number of rotatable bonds is 24. The highest BCUT2D eigenvalue weighted by Crippen LogP contribution is 2.20. The van der Waals surface area contributed by atoms with Crippen molar-refractivity contribution in [2.24, 2.45) is 11.8 Å². The van der Waals surface area contributed by atoms with Crippen LogP contribution >= 0.6 is 0 Å². The quantitative estimate of drug-likeness (QED) is 0.0771. The summed E-state index contributed by atoms with van der Waals surface area (Å²) in [7, 11) is -4.53. The van der Waals surface area contributed by atoms with Crippen LogP contribution in [0.4, 0.5) is 0 Å². The monoisotopic (exact) mass is 877 g/mol. The normalized spacial score (nSPS) is 16.4. The van der Waals surface area contributed by atoms with Gasteiger partial charge in [-0.1, -0.05) is 39.8 Å². The van der Waals surface area contributed by atoms with Crippen molar-refractivity contribution in [1.29, 1.82) is 0 Å². The predicted molar refractivity (Wildman–Crippen MR) is 222 cm³/mol. The van der Waals surface area contributed by atoms with Crippen molar-refractivity contribution in [3.05, 3.63) is 41.7 Å². The Balaban J connectivity index is 1.56. The number of nitrogens with one attached hydrogen (secondary N) is 5. The van der Waals surface area contributed by atoms with Gasteiger partial charge in [-0.2, -0.15) is 8.42 Å². The van der Waals surface area contributed by atoms with Crippen LogP contribution in [0.3, 0.4) is 0 Å². The van der Waals surface area contributed by atoms with Crippen molar-refractivity contribution in [3.8, 4) is 0 Å². The van der Waals surface area contributed by atoms with Crippen LogP contribution < -0.4 is 26.6 Å². The summed E-state index contributed by atoms with van der Waals surface area (Å²) in [5.74, 6) is -4.02. The third kappa shape index (κ3) is 16.5. The molecule has 1 aliphatic rings. The van der Waals surface area contributed by atoms with Gasteiger partial charge in [-0.25, -0.2) is 4.68 Å². The molecule has 0 saturated carbocycles. The standard InChI is InChI=1S/C40H63N9O11S/c1-9-27(6)49-22-30(46-47-49)20-42-38(54)29-10-12-31(13-11-29)61(57,58)60-24-40(8,56)36(52)32(18-25(2)3)45-37(53)28(7)43-39(55)33(19-26(4)5)44-34(50)21-41-35(51)23-48-14-16-59-17-15-48/h10-13,22,25-28,32-33,56H,9,14-21,23-24H2,1-8H3,(H,41,51)(H,42,54)(H,43,55)(H,44,50)(H,45,53)/t27?,28-,32-,33-,40?/m0/s1. The summed E-state index contributed by atoms with van der Waals surface area (Å²) >= 11 is 0. The van der Waals surface area contributed by atoms with Crippen LogP contribution in [0.25, 0.3) is 0 Å². The Hall–Kier alpha value is -4.83. The average Bonchev–Trinajstić information content (AvgIpc) is 3.69. The molecule has 2 unspecified atom stereocenters. The molecule has 340 valence electrons. The molecule has 2 heterocycles. The second-order valence-corrected chi connectivity index (χ2v) is 18.0. The van der Waals surface area contributed by atoms with Gasteiger partial charge in [0.15, 0.2) is 5.78 Å². The van der Waals surface area contributed by atoms with Gasteiger partial charge >= 0.3 is 0 Å². The van der Waals surface area contributed by atoms with Crippen molar-refractivity contribution < 1.29 is 51.2 Å². The second-order valence-electron chi connectivity index (χ2n) is 16.3. The number of aromatic nitrogens is 3. The lowest BCUT2D eigenvalue weighted by Crippen LogP contribution is -2.58. The van der Waals surface area contributed by atoms with E-state index in [9.17, 15) is 42.3 Å². The van der Waals surface area contributed by atoms with Gasteiger partial charge in [0.25, 0.3) is 16.0 Å². The fourth-order valence-electron chi connectivity index (χ4n) is 6.07. The fraction of sp³-hybridized carbons (Fsp3) is 0.650. The van der Waals surface area contributed by atoms with Gasteiger partial charge in [-0.3, -0.25) is 37.9 Å². The minimum absolute atomic E-state index is 0.0386. The van der Waals surface area contributed by atoms with Crippen molar-refractivity contribution in [3.63, 3.8) is 0 Å². The Morgan fingerprint density at radius 2 is 1.49 bits per heavy atom. The Labute approximate surface area is 357 Å². The van der Waals surface area contributed by atoms with Crippen molar-refractivity contribution in [2.45, 2.75) is 116 Å². The van der Waals surface area contributed by atoms with Gasteiger partial charge in [-0.15, -0.1) is 5.10 Å². The Kier molecular flexibility index (Phi) is 19.4. The zero-order chi connectivity index (χ0) is 45.5. The van der Waals surface area contributed by atoms with E-state index >= 15 is 0 Å². The summed E-state index contributed by atoms with van der Waals surface area (Å²) in [5, 5.41) is 32.3. The minimum atomic E-state index is -4.53. The van der Waals surface area contributed by atoms with Gasteiger partial charge < -0.3 is 36.4 Å². The average molecular weight is 878 g/mol. The largest absolute Gasteiger partial charge is 0.380 e. The van der Waals surface area contributed by atoms with Crippen LogP contribution in [0.2, 0.25) is 0 Å². The first-order chi connectivity index (χ1) is 28.6. The van der Waals surface area contributed by atoms with Crippen molar-refractivity contribution >= 4 is 45.4 Å². The molecule has 1 aromatic heterocycles. The Morgan fingerprint density at radius 1 is 0.869 bits per heavy atom. The lowest BCUT2D eigenvalue weighted by molar-refractivity contribution is -0.143. The summed E-state index contributed by atoms with van der Waals surface area (Å²) < 4.78 is 38.3. The molecule has 21 heteroatoms. The summed E-state index contributed by atoms with van der Waals surface area (Å²) in [5.41, 5.74) is -1.69. The van der Waals surface area contributed by atoms with Gasteiger partial charge in [0, 0.05) is 18.7 Å². The Bertz CT molecular complexity index is 1910. The highest BCUT2D eigenvalue weighted by molar-refractivity contribution is 7.86. The summed E-state index contributed by atoms with van der Waals surface area (Å²) in [4.78, 5) is 79.7. The highest BCUT2D eigenvalue weighted by atomic mass is 32.2. The molecule has 61 heavy (non-hydrogen) atoms. The number of nitrogens with zero attached hydrogens (tertiary/aromatic N) is 4. The predicted octanol–water partition coefficient (Wildman–Crippen LogP) is 0.219. The van der Waals surface area contributed by atoms with Crippen LogP contribution in [-0.4, -0.2) is 138 Å². The third-order valence-corrected chi connectivity index (χ3v) is 11.1. The number of hydrogen-bond donors (Lipinski definition) is 6. The molecule has 0 radical (unpaired) electrons. The number of hydrogen-bond acceptors (Lipinski definition) is 14. The maximum Gasteiger partial charge on any atom is 0.297 e. The van der Waals surface area contributed by atoms with E-state index in [4.69, 9.17) is 8.92 Å². The zero-order valence-corrected chi connectivity index (χ0v) is 37.2. The molecule has 1 saturated heterocycles. The summed E-state index contributed by atoms with van der Waals surface area (Å²) in [6.07, 6.45) is 2.86. The molecule has 2 aromatic rings. The van der Waals surface area contributed by atoms with Crippen molar-refractivity contribution in [1.82, 2.24) is 46.5 Å². The minimum Gasteiger partial charge on any atom is -0.380 e. The first-order valence-corrected chi connectivity index (χ1v) is 21.9. The van der Waals surface area contributed by atoms with Crippen molar-refractivity contribution in [2.75, 3.05) is 46.0 Å². The molecule has 5 atom stereocenters. The molecule has 1 fully saturated rings. The number of carbonyl (C=O) groups is 6. The number of benzene rings is 1. The molecule has 5 amide bonds. The molecule has 1 aromatic carbocycles. The lowest BCUT2D eigenvalue weighted by atomic mass is 9.90. The number of aliphatic hydroxyl groups is 1. The van der Waals surface area contributed by atoms with Crippen LogP contribution in [0.5, 0.6) is 0 Å². The summed E-state index contributed by atoms with van der Waals surface area (Å²) in [6.45, 7) is 14.8. The number of ether oxygens (including phenoxy) is 1. The van der Waals surface area contributed by atoms with Crippen LogP contribution in [0.1, 0.15) is 96.7 Å². The number of ketones is 1. The van der Waals surface area contributed by atoms with Crippen LogP contribution in [0.15, 0.2) is 35.4 Å². The van der Waals surface area contributed by atoms with E-state index < -0.39 is 69.9 Å². The molecule has 0 spiro atoms. The smallest absolute Gasteiger partial charge is 0.297 e. The van der Waals surface area contributed by atoms with Gasteiger partial charge in [-0.05, 0) is 76.1 Å². The maximum absolute atomic E-state index is 13.7. The fourth-order valence-corrected chi connectivity index (χ4v) is 7.06. The second kappa shape index (κ2) is 23.4.